The number of alkyl halides is 2. The highest BCUT2D eigenvalue weighted by atomic mass is 79.9. The van der Waals surface area contributed by atoms with Gasteiger partial charge in [-0.2, -0.15) is 0 Å². The van der Waals surface area contributed by atoms with Gasteiger partial charge in [0.1, 0.15) is 5.82 Å². The van der Waals surface area contributed by atoms with E-state index in [9.17, 15) is 4.39 Å². The van der Waals surface area contributed by atoms with E-state index in [2.05, 4.69) is 47.8 Å². The Labute approximate surface area is 109 Å². The Hall–Kier alpha value is 0.590. The van der Waals surface area contributed by atoms with Crippen LogP contribution in [0.4, 0.5) is 4.39 Å². The molecular formula is C10H10Br3F. The Morgan fingerprint density at radius 3 is 2.36 bits per heavy atom. The molecule has 0 aromatic heterocycles. The van der Waals surface area contributed by atoms with Crippen molar-refractivity contribution >= 4 is 47.8 Å². The van der Waals surface area contributed by atoms with Crippen LogP contribution in [0.1, 0.15) is 5.56 Å². The van der Waals surface area contributed by atoms with Crippen molar-refractivity contribution in [3.05, 3.63) is 34.1 Å². The van der Waals surface area contributed by atoms with Crippen molar-refractivity contribution in [3.8, 4) is 0 Å². The van der Waals surface area contributed by atoms with Gasteiger partial charge in [-0.1, -0.05) is 37.9 Å². The lowest BCUT2D eigenvalue weighted by molar-refractivity contribution is 0.617. The Morgan fingerprint density at radius 1 is 1.21 bits per heavy atom. The molecule has 0 unspecified atom stereocenters. The van der Waals surface area contributed by atoms with E-state index >= 15 is 0 Å². The van der Waals surface area contributed by atoms with Gasteiger partial charge in [-0.15, -0.1) is 0 Å². The summed E-state index contributed by atoms with van der Waals surface area (Å²) in [5.74, 6) is 0.343. The molecule has 0 atom stereocenters. The van der Waals surface area contributed by atoms with E-state index in [1.54, 1.807) is 0 Å². The molecule has 1 aromatic carbocycles. The summed E-state index contributed by atoms with van der Waals surface area (Å²) < 4.78 is 13.5. The molecule has 4 heteroatoms. The maximum absolute atomic E-state index is 12.9. The fourth-order valence-electron chi connectivity index (χ4n) is 1.15. The maximum atomic E-state index is 12.9. The molecule has 0 spiro atoms. The smallest absolute Gasteiger partial charge is 0.137 e. The number of benzene rings is 1. The summed E-state index contributed by atoms with van der Waals surface area (Å²) in [5, 5.41) is 1.90. The van der Waals surface area contributed by atoms with Crippen LogP contribution in [-0.2, 0) is 6.42 Å². The molecule has 0 aliphatic carbocycles. The van der Waals surface area contributed by atoms with Crippen LogP contribution in [0, 0.1) is 11.7 Å². The molecule has 0 saturated carbocycles. The molecule has 0 N–H and O–H groups in total. The zero-order valence-electron chi connectivity index (χ0n) is 7.44. The first-order valence-electron chi connectivity index (χ1n) is 4.23. The zero-order chi connectivity index (χ0) is 10.6. The molecule has 0 saturated heterocycles. The topological polar surface area (TPSA) is 0 Å². The van der Waals surface area contributed by atoms with Crippen LogP contribution < -0.4 is 0 Å². The molecule has 0 aliphatic heterocycles. The lowest BCUT2D eigenvalue weighted by Crippen LogP contribution is -2.07. The van der Waals surface area contributed by atoms with Gasteiger partial charge in [0.25, 0.3) is 0 Å². The first-order valence-corrected chi connectivity index (χ1v) is 7.26. The molecule has 0 bridgehead atoms. The van der Waals surface area contributed by atoms with E-state index in [4.69, 9.17) is 0 Å². The van der Waals surface area contributed by atoms with E-state index in [0.29, 0.717) is 10.4 Å². The fraction of sp³-hybridized carbons (Fsp3) is 0.400. The molecule has 0 nitrogen and oxygen atoms in total. The van der Waals surface area contributed by atoms with Gasteiger partial charge in [0, 0.05) is 10.7 Å². The second-order valence-electron chi connectivity index (χ2n) is 3.13. The van der Waals surface area contributed by atoms with E-state index in [0.717, 1.165) is 22.6 Å². The van der Waals surface area contributed by atoms with E-state index < -0.39 is 0 Å². The van der Waals surface area contributed by atoms with Gasteiger partial charge in [-0.05, 0) is 46.0 Å². The van der Waals surface area contributed by atoms with Gasteiger partial charge in [0.05, 0.1) is 4.47 Å². The van der Waals surface area contributed by atoms with Crippen LogP contribution in [0.3, 0.4) is 0 Å². The summed E-state index contributed by atoms with van der Waals surface area (Å²) >= 11 is 10.1. The predicted octanol–water partition coefficient (Wildman–Crippen LogP) is 4.54. The van der Waals surface area contributed by atoms with Crippen molar-refractivity contribution in [1.82, 2.24) is 0 Å². The number of hydrogen-bond acceptors (Lipinski definition) is 0. The minimum atomic E-state index is -0.206. The van der Waals surface area contributed by atoms with Crippen molar-refractivity contribution in [2.75, 3.05) is 10.7 Å². The first kappa shape index (κ1) is 12.7. The average molecular weight is 389 g/mol. The Bertz CT molecular complexity index is 297. The summed E-state index contributed by atoms with van der Waals surface area (Å²) in [6, 6.07) is 5.17. The van der Waals surface area contributed by atoms with Crippen LogP contribution >= 0.6 is 47.8 Å². The van der Waals surface area contributed by atoms with Gasteiger partial charge >= 0.3 is 0 Å². The number of rotatable bonds is 4. The standard InChI is InChI=1S/C10H10Br3F/c11-5-8(6-12)3-7-1-2-10(14)9(13)4-7/h1-2,4,8H,3,5-6H2. The van der Waals surface area contributed by atoms with Crippen molar-refractivity contribution in [2.45, 2.75) is 6.42 Å². The Morgan fingerprint density at radius 2 is 1.86 bits per heavy atom. The van der Waals surface area contributed by atoms with E-state index in [1.165, 1.54) is 6.07 Å². The Kier molecular flexibility index (Phi) is 5.64. The van der Waals surface area contributed by atoms with Gasteiger partial charge in [-0.25, -0.2) is 4.39 Å². The number of halogens is 4. The average Bonchev–Trinajstić information content (AvgIpc) is 2.19. The highest BCUT2D eigenvalue weighted by Crippen LogP contribution is 2.20. The molecule has 0 heterocycles. The highest BCUT2D eigenvalue weighted by Gasteiger charge is 2.08. The third kappa shape index (κ3) is 3.63. The van der Waals surface area contributed by atoms with Crippen LogP contribution in [0.2, 0.25) is 0 Å². The quantitative estimate of drug-likeness (QED) is 0.664. The van der Waals surface area contributed by atoms with Crippen molar-refractivity contribution in [3.63, 3.8) is 0 Å². The molecule has 0 radical (unpaired) electrons. The lowest BCUT2D eigenvalue weighted by atomic mass is 10.0. The third-order valence-corrected chi connectivity index (χ3v) is 4.38. The molecule has 0 amide bonds. The summed E-state index contributed by atoms with van der Waals surface area (Å²) in [7, 11) is 0. The molecular weight excluding hydrogens is 379 g/mol. The van der Waals surface area contributed by atoms with Crippen LogP contribution in [0.25, 0.3) is 0 Å². The SMILES string of the molecule is Fc1ccc(CC(CBr)CBr)cc1Br. The summed E-state index contributed by atoms with van der Waals surface area (Å²) in [4.78, 5) is 0. The fourth-order valence-corrected chi connectivity index (χ4v) is 3.11. The summed E-state index contributed by atoms with van der Waals surface area (Å²) in [6.07, 6.45) is 0.954. The highest BCUT2D eigenvalue weighted by molar-refractivity contribution is 9.10. The van der Waals surface area contributed by atoms with E-state index in [1.807, 2.05) is 12.1 Å². The first-order chi connectivity index (χ1) is 6.67. The van der Waals surface area contributed by atoms with Crippen molar-refractivity contribution < 1.29 is 4.39 Å². The van der Waals surface area contributed by atoms with Gasteiger partial charge in [0.15, 0.2) is 0 Å². The number of hydrogen-bond donors (Lipinski definition) is 0. The van der Waals surface area contributed by atoms with Crippen LogP contribution in [-0.4, -0.2) is 10.7 Å². The molecule has 14 heavy (non-hydrogen) atoms. The molecule has 0 fully saturated rings. The second-order valence-corrected chi connectivity index (χ2v) is 5.28. The third-order valence-electron chi connectivity index (χ3n) is 1.94. The van der Waals surface area contributed by atoms with Crippen LogP contribution in [0.15, 0.2) is 22.7 Å². The molecule has 1 aromatic rings. The minimum Gasteiger partial charge on any atom is -0.206 e. The van der Waals surface area contributed by atoms with E-state index in [-0.39, 0.29) is 5.82 Å². The monoisotopic (exact) mass is 386 g/mol. The summed E-state index contributed by atoms with van der Waals surface area (Å²) in [6.45, 7) is 0. The molecule has 0 aliphatic rings. The maximum Gasteiger partial charge on any atom is 0.137 e. The van der Waals surface area contributed by atoms with Gasteiger partial charge < -0.3 is 0 Å². The minimum absolute atomic E-state index is 0.206. The van der Waals surface area contributed by atoms with Crippen LogP contribution in [0.5, 0.6) is 0 Å². The predicted molar refractivity (Wildman–Crippen MR) is 68.9 cm³/mol. The van der Waals surface area contributed by atoms with Crippen molar-refractivity contribution in [2.24, 2.45) is 5.92 Å². The molecule has 78 valence electrons. The van der Waals surface area contributed by atoms with Crippen molar-refractivity contribution in [1.29, 1.82) is 0 Å². The van der Waals surface area contributed by atoms with Gasteiger partial charge in [-0.3, -0.25) is 0 Å². The zero-order valence-corrected chi connectivity index (χ0v) is 12.2. The molecule has 1 rings (SSSR count). The normalized spacial score (nSPS) is 10.9. The summed E-state index contributed by atoms with van der Waals surface area (Å²) in [5.41, 5.74) is 1.15. The largest absolute Gasteiger partial charge is 0.206 e. The van der Waals surface area contributed by atoms with Gasteiger partial charge in [0.2, 0.25) is 0 Å². The second kappa shape index (κ2) is 6.23. The lowest BCUT2D eigenvalue weighted by Gasteiger charge is -2.10. The Balaban J connectivity index is 2.72.